The SMILES string of the molecule is CC(C)Oc1ccc(-c2nc(-c3cccc4c3C[C@]3(N)CCN(CCO)[C@]43N)no2)cc1C#N. The number of fused-ring (bicyclic) bond motifs is 3. The molecule has 9 heteroatoms. The quantitative estimate of drug-likeness (QED) is 0.503. The van der Waals surface area contributed by atoms with Gasteiger partial charge in [0, 0.05) is 24.2 Å². The van der Waals surface area contributed by atoms with Crippen LogP contribution in [0.25, 0.3) is 22.8 Å². The van der Waals surface area contributed by atoms with Gasteiger partial charge in [0.1, 0.15) is 17.5 Å². The second kappa shape index (κ2) is 8.18. The number of rotatable bonds is 6. The van der Waals surface area contributed by atoms with Crippen molar-refractivity contribution in [2.45, 2.75) is 44.0 Å². The molecule has 0 bridgehead atoms. The van der Waals surface area contributed by atoms with Gasteiger partial charge in [-0.25, -0.2) is 0 Å². The molecule has 0 saturated carbocycles. The highest BCUT2D eigenvalue weighted by Crippen LogP contribution is 2.51. The van der Waals surface area contributed by atoms with Gasteiger partial charge in [-0.3, -0.25) is 4.90 Å². The van der Waals surface area contributed by atoms with E-state index in [1.54, 1.807) is 18.2 Å². The second-order valence-electron chi connectivity index (χ2n) is 9.30. The lowest BCUT2D eigenvalue weighted by molar-refractivity contribution is 0.0797. The number of nitriles is 1. The van der Waals surface area contributed by atoms with Crippen LogP contribution < -0.4 is 16.2 Å². The largest absolute Gasteiger partial charge is 0.490 e. The van der Waals surface area contributed by atoms with Gasteiger partial charge in [0.25, 0.3) is 5.89 Å². The van der Waals surface area contributed by atoms with Gasteiger partial charge in [0.2, 0.25) is 5.82 Å². The van der Waals surface area contributed by atoms with Crippen LogP contribution in [0, 0.1) is 11.3 Å². The number of nitrogens with two attached hydrogens (primary N) is 2. The predicted octanol–water partition coefficient (Wildman–Crippen LogP) is 2.13. The van der Waals surface area contributed by atoms with Gasteiger partial charge >= 0.3 is 0 Å². The molecule has 2 heterocycles. The molecule has 0 unspecified atom stereocenters. The number of likely N-dealkylation sites (tertiary alicyclic amines) is 1. The van der Waals surface area contributed by atoms with Crippen LogP contribution in [-0.4, -0.2) is 51.5 Å². The maximum atomic E-state index is 9.54. The van der Waals surface area contributed by atoms with E-state index < -0.39 is 11.2 Å². The van der Waals surface area contributed by atoms with Crippen LogP contribution in [0.2, 0.25) is 0 Å². The Balaban J connectivity index is 1.52. The summed E-state index contributed by atoms with van der Waals surface area (Å²) in [7, 11) is 0. The van der Waals surface area contributed by atoms with Crippen molar-refractivity contribution >= 4 is 0 Å². The Morgan fingerprint density at radius 2 is 2.12 bits per heavy atom. The molecule has 0 radical (unpaired) electrons. The Morgan fingerprint density at radius 3 is 2.85 bits per heavy atom. The topological polar surface area (TPSA) is 147 Å². The molecule has 5 rings (SSSR count). The summed E-state index contributed by atoms with van der Waals surface area (Å²) in [6.07, 6.45) is 1.27. The molecule has 2 aromatic carbocycles. The number of nitrogens with zero attached hydrogens (tertiary/aromatic N) is 4. The Bertz CT molecular complexity index is 1280. The zero-order valence-corrected chi connectivity index (χ0v) is 19.3. The molecule has 1 aromatic heterocycles. The zero-order valence-electron chi connectivity index (χ0n) is 19.3. The van der Waals surface area contributed by atoms with E-state index in [0.717, 1.165) is 29.7 Å². The van der Waals surface area contributed by atoms with Crippen molar-refractivity contribution < 1.29 is 14.4 Å². The van der Waals surface area contributed by atoms with E-state index in [2.05, 4.69) is 21.1 Å². The molecule has 0 amide bonds. The minimum Gasteiger partial charge on any atom is -0.490 e. The molecule has 176 valence electrons. The molecule has 0 spiro atoms. The fraction of sp³-hybridized carbons (Fsp3) is 0.400. The zero-order chi connectivity index (χ0) is 24.1. The maximum Gasteiger partial charge on any atom is 0.258 e. The molecule has 1 aliphatic heterocycles. The number of hydrogen-bond acceptors (Lipinski definition) is 9. The van der Waals surface area contributed by atoms with E-state index in [0.29, 0.717) is 41.6 Å². The molecule has 1 fully saturated rings. The van der Waals surface area contributed by atoms with Crippen LogP contribution in [-0.2, 0) is 12.1 Å². The second-order valence-corrected chi connectivity index (χ2v) is 9.30. The maximum absolute atomic E-state index is 9.54. The smallest absolute Gasteiger partial charge is 0.258 e. The molecule has 1 aliphatic carbocycles. The summed E-state index contributed by atoms with van der Waals surface area (Å²) in [4.78, 5) is 6.69. The standard InChI is InChI=1S/C25H28N6O3/c1-15(2)33-21-7-6-16(12-17(21)14-26)23-29-22(30-34-23)18-4-3-5-20-19(18)13-24(27)8-9-31(10-11-32)25(20,24)28/h3-7,12,15,32H,8-11,13,27-28H2,1-2H3/t24-,25-/m1/s1. The van der Waals surface area contributed by atoms with Crippen molar-refractivity contribution in [2.75, 3.05) is 19.7 Å². The number of ether oxygens (including phenoxy) is 1. The van der Waals surface area contributed by atoms with Gasteiger partial charge < -0.3 is 25.8 Å². The van der Waals surface area contributed by atoms with E-state index in [9.17, 15) is 10.4 Å². The van der Waals surface area contributed by atoms with Crippen molar-refractivity contribution in [3.63, 3.8) is 0 Å². The first-order valence-corrected chi connectivity index (χ1v) is 11.4. The molecule has 9 nitrogen and oxygen atoms in total. The number of hydrogen-bond donors (Lipinski definition) is 3. The first-order chi connectivity index (χ1) is 16.3. The third-order valence-electron chi connectivity index (χ3n) is 6.91. The number of aromatic nitrogens is 2. The minimum atomic E-state index is -0.860. The fourth-order valence-corrected chi connectivity index (χ4v) is 5.30. The molecular weight excluding hydrogens is 432 g/mol. The fourth-order valence-electron chi connectivity index (χ4n) is 5.30. The number of aliphatic hydroxyl groups excluding tert-OH is 1. The lowest BCUT2D eigenvalue weighted by Gasteiger charge is -2.40. The monoisotopic (exact) mass is 460 g/mol. The summed E-state index contributed by atoms with van der Waals surface area (Å²) >= 11 is 0. The van der Waals surface area contributed by atoms with Crippen LogP contribution in [0.1, 0.15) is 37.0 Å². The van der Waals surface area contributed by atoms with Gasteiger partial charge in [-0.05, 0) is 56.0 Å². The lowest BCUT2D eigenvalue weighted by Crippen LogP contribution is -2.64. The predicted molar refractivity (Wildman–Crippen MR) is 125 cm³/mol. The van der Waals surface area contributed by atoms with Crippen molar-refractivity contribution in [2.24, 2.45) is 11.5 Å². The number of β-amino-alcohol motifs (C(OH)–C–C–N with tert-alkyl or cyclic N) is 1. The van der Waals surface area contributed by atoms with Gasteiger partial charge in [0.15, 0.2) is 0 Å². The molecule has 3 aromatic rings. The van der Waals surface area contributed by atoms with Crippen LogP contribution in [0.3, 0.4) is 0 Å². The van der Waals surface area contributed by atoms with Gasteiger partial charge in [-0.15, -0.1) is 0 Å². The van der Waals surface area contributed by atoms with Gasteiger partial charge in [0.05, 0.1) is 23.8 Å². The lowest BCUT2D eigenvalue weighted by atomic mass is 9.86. The summed E-state index contributed by atoms with van der Waals surface area (Å²) in [5.41, 5.74) is 16.1. The van der Waals surface area contributed by atoms with E-state index >= 15 is 0 Å². The Labute approximate surface area is 197 Å². The van der Waals surface area contributed by atoms with Gasteiger partial charge in [-0.1, -0.05) is 23.4 Å². The average molecular weight is 461 g/mol. The Hall–Kier alpha value is -3.29. The van der Waals surface area contributed by atoms with Crippen LogP contribution >= 0.6 is 0 Å². The molecule has 2 aliphatic rings. The Morgan fingerprint density at radius 1 is 1.29 bits per heavy atom. The normalized spacial score (nSPS) is 23.7. The summed E-state index contributed by atoms with van der Waals surface area (Å²) in [6.45, 7) is 5.03. The van der Waals surface area contributed by atoms with Gasteiger partial charge in [-0.2, -0.15) is 10.2 Å². The third-order valence-corrected chi connectivity index (χ3v) is 6.91. The third kappa shape index (κ3) is 3.30. The van der Waals surface area contributed by atoms with E-state index in [4.69, 9.17) is 20.7 Å². The van der Waals surface area contributed by atoms with Crippen LogP contribution in [0.5, 0.6) is 5.75 Å². The van der Waals surface area contributed by atoms with E-state index in [1.807, 2.05) is 32.0 Å². The summed E-state index contributed by atoms with van der Waals surface area (Å²) < 4.78 is 11.3. The highest BCUT2D eigenvalue weighted by molar-refractivity contribution is 5.69. The summed E-state index contributed by atoms with van der Waals surface area (Å²) in [5, 5.41) is 23.3. The van der Waals surface area contributed by atoms with Crippen molar-refractivity contribution in [3.8, 4) is 34.7 Å². The van der Waals surface area contributed by atoms with Crippen LogP contribution in [0.4, 0.5) is 0 Å². The highest BCUT2D eigenvalue weighted by atomic mass is 16.5. The molecular formula is C25H28N6O3. The minimum absolute atomic E-state index is 0.0178. The Kier molecular flexibility index (Phi) is 5.41. The van der Waals surface area contributed by atoms with Crippen molar-refractivity contribution in [1.82, 2.24) is 15.0 Å². The summed E-state index contributed by atoms with van der Waals surface area (Å²) in [5.74, 6) is 1.27. The van der Waals surface area contributed by atoms with Crippen LogP contribution in [0.15, 0.2) is 40.9 Å². The molecule has 1 saturated heterocycles. The average Bonchev–Trinajstić information content (AvgIpc) is 3.45. The number of benzene rings is 2. The first-order valence-electron chi connectivity index (χ1n) is 11.4. The number of aliphatic hydroxyl groups is 1. The molecule has 2 atom stereocenters. The van der Waals surface area contributed by atoms with E-state index in [-0.39, 0.29) is 12.7 Å². The van der Waals surface area contributed by atoms with Crippen molar-refractivity contribution in [1.29, 1.82) is 5.26 Å². The summed E-state index contributed by atoms with van der Waals surface area (Å²) in [6, 6.07) is 13.3. The highest BCUT2D eigenvalue weighted by Gasteiger charge is 2.60. The van der Waals surface area contributed by atoms with Crippen molar-refractivity contribution in [3.05, 3.63) is 53.1 Å². The molecule has 5 N–H and O–H groups in total. The van der Waals surface area contributed by atoms with E-state index in [1.165, 1.54) is 0 Å². The first kappa shape index (κ1) is 22.5. The molecule has 34 heavy (non-hydrogen) atoms.